The molecular formula is C11H11NO7S2. The number of rotatable bonds is 3. The zero-order chi connectivity index (χ0) is 16.0. The predicted molar refractivity (Wildman–Crippen MR) is 71.9 cm³/mol. The van der Waals surface area contributed by atoms with Crippen molar-refractivity contribution in [2.45, 2.75) is 4.90 Å². The third-order valence-corrected chi connectivity index (χ3v) is 5.02. The minimum absolute atomic E-state index is 0.113. The van der Waals surface area contributed by atoms with E-state index < -0.39 is 37.6 Å². The Hall–Kier alpha value is -2.07. The highest BCUT2D eigenvalue weighted by atomic mass is 32.2. The molecule has 0 radical (unpaired) electrons. The van der Waals surface area contributed by atoms with Gasteiger partial charge in [0.15, 0.2) is 11.5 Å². The largest absolute Gasteiger partial charge is 0.476 e. The van der Waals surface area contributed by atoms with Crippen molar-refractivity contribution >= 4 is 31.9 Å². The molecule has 8 nitrogen and oxygen atoms in total. The summed E-state index contributed by atoms with van der Waals surface area (Å²) in [7, 11) is -7.11. The molecule has 0 fully saturated rings. The van der Waals surface area contributed by atoms with E-state index in [1.165, 1.54) is 24.3 Å². The summed E-state index contributed by atoms with van der Waals surface area (Å²) in [5.74, 6) is -2.15. The summed E-state index contributed by atoms with van der Waals surface area (Å²) in [6.45, 7) is 0. The first-order chi connectivity index (χ1) is 9.55. The molecule has 1 heterocycles. The van der Waals surface area contributed by atoms with Crippen molar-refractivity contribution in [1.82, 2.24) is 4.31 Å². The predicted octanol–water partition coefficient (Wildman–Crippen LogP) is 0.0501. The van der Waals surface area contributed by atoms with E-state index in [2.05, 4.69) is 0 Å². The van der Waals surface area contributed by atoms with Gasteiger partial charge in [-0.3, -0.25) is 4.31 Å². The fraction of sp³-hybridized carbons (Fsp3) is 0.182. The van der Waals surface area contributed by atoms with Crippen LogP contribution in [-0.2, 0) is 29.1 Å². The van der Waals surface area contributed by atoms with Gasteiger partial charge < -0.3 is 9.29 Å². The van der Waals surface area contributed by atoms with Crippen LogP contribution in [0.15, 0.2) is 34.9 Å². The second-order valence-electron chi connectivity index (χ2n) is 4.24. The Morgan fingerprint density at radius 2 is 1.86 bits per heavy atom. The summed E-state index contributed by atoms with van der Waals surface area (Å²) in [5, 5.41) is 9.19. The molecule has 1 N–H and O–H groups in total. The molecule has 1 aliphatic rings. The third kappa shape index (κ3) is 2.59. The molecular weight excluding hydrogens is 322 g/mol. The minimum Gasteiger partial charge on any atom is -0.476 e. The van der Waals surface area contributed by atoms with E-state index in [0.29, 0.717) is 4.31 Å². The highest BCUT2D eigenvalue weighted by Crippen LogP contribution is 2.37. The molecule has 0 amide bonds. The zero-order valence-corrected chi connectivity index (χ0v) is 12.6. The maximum absolute atomic E-state index is 12.3. The first-order valence-corrected chi connectivity index (χ1v) is 8.76. The quantitative estimate of drug-likeness (QED) is 0.776. The lowest BCUT2D eigenvalue weighted by molar-refractivity contribution is -0.133. The van der Waals surface area contributed by atoms with Crippen LogP contribution < -0.4 is 0 Å². The van der Waals surface area contributed by atoms with Crippen molar-refractivity contribution in [2.24, 2.45) is 0 Å². The number of aliphatic carboxylic acids is 1. The number of nitrogens with zero attached hydrogens (tertiary/aromatic N) is 1. The van der Waals surface area contributed by atoms with Gasteiger partial charge in [0.25, 0.3) is 10.0 Å². The van der Waals surface area contributed by atoms with Crippen molar-refractivity contribution in [3.05, 3.63) is 35.5 Å². The number of carboxylic acids is 1. The first-order valence-electron chi connectivity index (χ1n) is 5.51. The van der Waals surface area contributed by atoms with E-state index in [4.69, 9.17) is 4.18 Å². The molecule has 0 unspecified atom stereocenters. The molecule has 0 saturated carbocycles. The first kappa shape index (κ1) is 15.3. The summed E-state index contributed by atoms with van der Waals surface area (Å²) in [6, 6.07) is 5.41. The summed E-state index contributed by atoms with van der Waals surface area (Å²) >= 11 is 0. The fourth-order valence-electron chi connectivity index (χ4n) is 1.88. The van der Waals surface area contributed by atoms with Crippen LogP contribution in [0.1, 0.15) is 5.56 Å². The van der Waals surface area contributed by atoms with Crippen LogP contribution in [0.25, 0.3) is 5.76 Å². The van der Waals surface area contributed by atoms with Crippen LogP contribution in [0.3, 0.4) is 0 Å². The second kappa shape index (κ2) is 4.74. The monoisotopic (exact) mass is 333 g/mol. The van der Waals surface area contributed by atoms with Crippen molar-refractivity contribution in [1.29, 1.82) is 0 Å². The zero-order valence-electron chi connectivity index (χ0n) is 11.0. The number of carbonyl (C=O) groups is 1. The summed E-state index contributed by atoms with van der Waals surface area (Å²) in [5.41, 5.74) is -0.877. The van der Waals surface area contributed by atoms with Crippen LogP contribution in [0.2, 0.25) is 0 Å². The molecule has 21 heavy (non-hydrogen) atoms. The van der Waals surface area contributed by atoms with Crippen molar-refractivity contribution in [3.63, 3.8) is 0 Å². The molecule has 114 valence electrons. The summed E-state index contributed by atoms with van der Waals surface area (Å²) in [6.07, 6.45) is 0.741. The van der Waals surface area contributed by atoms with Gasteiger partial charge in [0.1, 0.15) is 0 Å². The minimum atomic E-state index is -4.08. The van der Waals surface area contributed by atoms with Gasteiger partial charge in [0, 0.05) is 12.6 Å². The fourth-order valence-corrected chi connectivity index (χ4v) is 3.74. The molecule has 10 heteroatoms. The van der Waals surface area contributed by atoms with Gasteiger partial charge >= 0.3 is 16.1 Å². The number of hydrogen-bond acceptors (Lipinski definition) is 6. The van der Waals surface area contributed by atoms with Gasteiger partial charge in [-0.05, 0) is 12.1 Å². The molecule has 0 aromatic heterocycles. The average molecular weight is 333 g/mol. The van der Waals surface area contributed by atoms with E-state index in [-0.39, 0.29) is 10.5 Å². The summed E-state index contributed by atoms with van der Waals surface area (Å²) < 4.78 is 52.4. The Labute approximate surface area is 121 Å². The Morgan fingerprint density at radius 1 is 1.29 bits per heavy atom. The lowest BCUT2D eigenvalue weighted by atomic mass is 10.1. The molecule has 2 rings (SSSR count). The van der Waals surface area contributed by atoms with E-state index in [0.717, 1.165) is 13.3 Å². The lowest BCUT2D eigenvalue weighted by Gasteiger charge is -2.28. The topological polar surface area (TPSA) is 118 Å². The van der Waals surface area contributed by atoms with Gasteiger partial charge in [0.05, 0.1) is 11.2 Å². The SMILES string of the molecule is CN1C(C(=O)O)=C(OS(C)(=O)=O)c2ccccc2S1(=O)=O. The average Bonchev–Trinajstić information content (AvgIpc) is 2.34. The normalized spacial score (nSPS) is 17.3. The smallest absolute Gasteiger partial charge is 0.357 e. The standard InChI is InChI=1S/C11H11NO7S2/c1-12-9(11(13)14)10(19-20(2,15)16)7-5-3-4-6-8(7)21(12,17)18/h3-6H,1-2H3,(H,13,14). The maximum Gasteiger partial charge on any atom is 0.357 e. The van der Waals surface area contributed by atoms with Crippen molar-refractivity contribution in [3.8, 4) is 0 Å². The van der Waals surface area contributed by atoms with Gasteiger partial charge in [-0.15, -0.1) is 0 Å². The van der Waals surface area contributed by atoms with Crippen molar-refractivity contribution < 1.29 is 30.9 Å². The number of sulfonamides is 1. The molecule has 0 saturated heterocycles. The van der Waals surface area contributed by atoms with Crippen LogP contribution in [0.5, 0.6) is 0 Å². The van der Waals surface area contributed by atoms with Crippen LogP contribution >= 0.6 is 0 Å². The van der Waals surface area contributed by atoms with E-state index in [9.17, 15) is 26.7 Å². The molecule has 0 atom stereocenters. The molecule has 1 aromatic rings. The Balaban J connectivity index is 2.88. The number of benzene rings is 1. The van der Waals surface area contributed by atoms with Gasteiger partial charge in [-0.1, -0.05) is 12.1 Å². The number of hydrogen-bond donors (Lipinski definition) is 1. The third-order valence-electron chi connectivity index (χ3n) is 2.74. The second-order valence-corrected chi connectivity index (χ2v) is 7.75. The number of likely N-dealkylation sites (N-methyl/N-ethyl adjacent to an activating group) is 1. The Morgan fingerprint density at radius 3 is 2.38 bits per heavy atom. The van der Waals surface area contributed by atoms with Gasteiger partial charge in [0.2, 0.25) is 0 Å². The number of carboxylic acid groups (broad SMARTS) is 1. The van der Waals surface area contributed by atoms with E-state index in [1.54, 1.807) is 0 Å². The van der Waals surface area contributed by atoms with Gasteiger partial charge in [-0.2, -0.15) is 8.42 Å². The molecule has 1 aromatic carbocycles. The van der Waals surface area contributed by atoms with E-state index in [1.807, 2.05) is 0 Å². The Bertz CT molecular complexity index is 852. The summed E-state index contributed by atoms with van der Waals surface area (Å²) in [4.78, 5) is 11.1. The molecule has 0 bridgehead atoms. The highest BCUT2D eigenvalue weighted by molar-refractivity contribution is 7.89. The highest BCUT2D eigenvalue weighted by Gasteiger charge is 2.39. The molecule has 1 aliphatic heterocycles. The van der Waals surface area contributed by atoms with E-state index >= 15 is 0 Å². The molecule has 0 aliphatic carbocycles. The van der Waals surface area contributed by atoms with Crippen LogP contribution in [0, 0.1) is 0 Å². The van der Waals surface area contributed by atoms with Crippen LogP contribution in [-0.4, -0.2) is 45.5 Å². The lowest BCUT2D eigenvalue weighted by Crippen LogP contribution is -2.35. The number of fused-ring (bicyclic) bond motifs is 1. The van der Waals surface area contributed by atoms with Gasteiger partial charge in [-0.25, -0.2) is 13.2 Å². The maximum atomic E-state index is 12.3. The van der Waals surface area contributed by atoms with Crippen molar-refractivity contribution in [2.75, 3.05) is 13.3 Å². The molecule has 0 spiro atoms. The Kier molecular flexibility index (Phi) is 3.46. The van der Waals surface area contributed by atoms with Crippen LogP contribution in [0.4, 0.5) is 0 Å².